The number of hydrogen-bond donors (Lipinski definition) is 1. The second-order valence-corrected chi connectivity index (χ2v) is 7.43. The van der Waals surface area contributed by atoms with Crippen LogP contribution >= 0.6 is 23.2 Å². The van der Waals surface area contributed by atoms with Gasteiger partial charge in [0.15, 0.2) is 0 Å². The van der Waals surface area contributed by atoms with Crippen molar-refractivity contribution in [3.8, 4) is 17.5 Å². The molecule has 0 fully saturated rings. The molecule has 1 amide bonds. The highest BCUT2D eigenvalue weighted by atomic mass is 35.5. The largest absolute Gasteiger partial charge is 0.497 e. The van der Waals surface area contributed by atoms with Crippen LogP contribution in [0.4, 0.5) is 5.69 Å². The van der Waals surface area contributed by atoms with Crippen molar-refractivity contribution < 1.29 is 9.53 Å². The molecule has 7 heteroatoms. The molecule has 5 nitrogen and oxygen atoms in total. The second kappa shape index (κ2) is 9.08. The average Bonchev–Trinajstić information content (AvgIpc) is 3.01. The number of halogens is 2. The van der Waals surface area contributed by atoms with Crippen LogP contribution in [0.3, 0.4) is 0 Å². The van der Waals surface area contributed by atoms with Gasteiger partial charge in [-0.2, -0.15) is 5.26 Å². The number of hydrogen-bond acceptors (Lipinski definition) is 3. The van der Waals surface area contributed by atoms with Crippen LogP contribution in [0.15, 0.2) is 54.1 Å². The number of ether oxygens (including phenoxy) is 1. The van der Waals surface area contributed by atoms with Gasteiger partial charge in [0.2, 0.25) is 0 Å². The average molecular weight is 440 g/mol. The van der Waals surface area contributed by atoms with Gasteiger partial charge in [-0.25, -0.2) is 0 Å². The maximum Gasteiger partial charge on any atom is 0.266 e. The predicted octanol–water partition coefficient (Wildman–Crippen LogP) is 5.96. The zero-order valence-electron chi connectivity index (χ0n) is 16.7. The number of nitrogens with zero attached hydrogens (tertiary/aromatic N) is 2. The first-order valence-electron chi connectivity index (χ1n) is 9.05. The van der Waals surface area contributed by atoms with E-state index in [0.29, 0.717) is 21.5 Å². The standard InChI is InChI=1S/C23H19Cl2N3O2/c1-14-10-16(15(2)28(14)19-6-9-21(24)22(25)12-19)11-17(13-26)23(29)27-18-4-7-20(30-3)8-5-18/h4-12H,1-3H3,(H,27,29)/b17-11-. The summed E-state index contributed by atoms with van der Waals surface area (Å²) in [6.07, 6.45) is 1.58. The van der Waals surface area contributed by atoms with E-state index in [4.69, 9.17) is 27.9 Å². The van der Waals surface area contributed by atoms with Crippen LogP contribution in [-0.2, 0) is 4.79 Å². The van der Waals surface area contributed by atoms with E-state index >= 15 is 0 Å². The van der Waals surface area contributed by atoms with Gasteiger partial charge in [-0.3, -0.25) is 4.79 Å². The zero-order valence-corrected chi connectivity index (χ0v) is 18.2. The van der Waals surface area contributed by atoms with Crippen LogP contribution < -0.4 is 10.1 Å². The highest BCUT2D eigenvalue weighted by molar-refractivity contribution is 6.42. The summed E-state index contributed by atoms with van der Waals surface area (Å²) in [6.45, 7) is 3.86. The number of methoxy groups -OCH3 is 1. The second-order valence-electron chi connectivity index (χ2n) is 6.61. The van der Waals surface area contributed by atoms with Crippen molar-refractivity contribution >= 4 is 40.9 Å². The molecule has 0 aliphatic carbocycles. The van der Waals surface area contributed by atoms with Crippen LogP contribution in [-0.4, -0.2) is 17.6 Å². The van der Waals surface area contributed by atoms with Gasteiger partial charge in [0.1, 0.15) is 17.4 Å². The fraction of sp³-hybridized carbons (Fsp3) is 0.130. The maximum atomic E-state index is 12.6. The predicted molar refractivity (Wildman–Crippen MR) is 120 cm³/mol. The molecule has 0 saturated heterocycles. The first kappa shape index (κ1) is 21.5. The fourth-order valence-electron chi connectivity index (χ4n) is 3.13. The molecule has 3 aromatic rings. The summed E-state index contributed by atoms with van der Waals surface area (Å²) in [5, 5.41) is 13.2. The minimum absolute atomic E-state index is 0.000191. The van der Waals surface area contributed by atoms with Gasteiger partial charge in [-0.1, -0.05) is 23.2 Å². The lowest BCUT2D eigenvalue weighted by Gasteiger charge is -2.10. The number of carbonyl (C=O) groups excluding carboxylic acids is 1. The van der Waals surface area contributed by atoms with Crippen LogP contribution in [0.5, 0.6) is 5.75 Å². The number of benzene rings is 2. The fourth-order valence-corrected chi connectivity index (χ4v) is 3.42. The van der Waals surface area contributed by atoms with Crippen molar-refractivity contribution in [2.45, 2.75) is 13.8 Å². The summed E-state index contributed by atoms with van der Waals surface area (Å²) in [4.78, 5) is 12.6. The van der Waals surface area contributed by atoms with Crippen LogP contribution in [0, 0.1) is 25.2 Å². The molecule has 0 bridgehead atoms. The molecular formula is C23H19Cl2N3O2. The molecule has 0 aliphatic heterocycles. The van der Waals surface area contributed by atoms with Crippen LogP contribution in [0.2, 0.25) is 10.0 Å². The van der Waals surface area contributed by atoms with E-state index in [9.17, 15) is 10.1 Å². The van der Waals surface area contributed by atoms with Crippen molar-refractivity contribution in [3.05, 3.63) is 81.1 Å². The van der Waals surface area contributed by atoms with Gasteiger partial charge >= 0.3 is 0 Å². The Morgan fingerprint density at radius 2 is 1.80 bits per heavy atom. The third-order valence-electron chi connectivity index (χ3n) is 4.64. The number of carbonyl (C=O) groups is 1. The zero-order chi connectivity index (χ0) is 21.8. The SMILES string of the molecule is COc1ccc(NC(=O)/C(C#N)=C\c2cc(C)n(-c3ccc(Cl)c(Cl)c3)c2C)cc1. The molecule has 1 heterocycles. The Kier molecular flexibility index (Phi) is 6.51. The van der Waals surface area contributed by atoms with E-state index in [1.165, 1.54) is 0 Å². The molecule has 0 aliphatic rings. The summed E-state index contributed by atoms with van der Waals surface area (Å²) < 4.78 is 7.09. The summed E-state index contributed by atoms with van der Waals surface area (Å²) in [7, 11) is 1.57. The Bertz CT molecular complexity index is 1170. The van der Waals surface area contributed by atoms with E-state index in [0.717, 1.165) is 22.6 Å². The number of rotatable bonds is 5. The highest BCUT2D eigenvalue weighted by Gasteiger charge is 2.14. The number of aryl methyl sites for hydroxylation is 1. The molecule has 0 atom stereocenters. The Hall–Kier alpha value is -3.20. The van der Waals surface area contributed by atoms with Crippen molar-refractivity contribution in [3.63, 3.8) is 0 Å². The van der Waals surface area contributed by atoms with Crippen molar-refractivity contribution in [2.75, 3.05) is 12.4 Å². The van der Waals surface area contributed by atoms with E-state index in [-0.39, 0.29) is 5.57 Å². The van der Waals surface area contributed by atoms with Gasteiger partial charge < -0.3 is 14.6 Å². The number of nitrogens with one attached hydrogen (secondary N) is 1. The Morgan fingerprint density at radius 1 is 1.10 bits per heavy atom. The molecule has 0 radical (unpaired) electrons. The smallest absolute Gasteiger partial charge is 0.266 e. The van der Waals surface area contributed by atoms with Gasteiger partial charge in [0, 0.05) is 22.8 Å². The third-order valence-corrected chi connectivity index (χ3v) is 5.38. The summed E-state index contributed by atoms with van der Waals surface area (Å²) in [5.41, 5.74) is 3.99. The lowest BCUT2D eigenvalue weighted by atomic mass is 10.1. The van der Waals surface area contributed by atoms with Crippen LogP contribution in [0.25, 0.3) is 11.8 Å². The molecule has 0 spiro atoms. The summed E-state index contributed by atoms with van der Waals surface area (Å²) >= 11 is 12.2. The minimum Gasteiger partial charge on any atom is -0.497 e. The van der Waals surface area contributed by atoms with E-state index in [2.05, 4.69) is 5.32 Å². The topological polar surface area (TPSA) is 67.0 Å². The highest BCUT2D eigenvalue weighted by Crippen LogP contribution is 2.28. The molecule has 0 unspecified atom stereocenters. The lowest BCUT2D eigenvalue weighted by molar-refractivity contribution is -0.112. The van der Waals surface area contributed by atoms with Crippen molar-refractivity contribution in [1.82, 2.24) is 4.57 Å². The van der Waals surface area contributed by atoms with Crippen molar-refractivity contribution in [2.24, 2.45) is 0 Å². The Labute approximate surface area is 185 Å². The monoisotopic (exact) mass is 439 g/mol. The quantitative estimate of drug-likeness (QED) is 0.394. The summed E-state index contributed by atoms with van der Waals surface area (Å²) in [6, 6.07) is 16.2. The Morgan fingerprint density at radius 3 is 2.40 bits per heavy atom. The van der Waals surface area contributed by atoms with E-state index in [1.807, 2.05) is 36.6 Å². The van der Waals surface area contributed by atoms with Gasteiger partial charge in [0.25, 0.3) is 5.91 Å². The molecule has 1 N–H and O–H groups in total. The molecule has 30 heavy (non-hydrogen) atoms. The van der Waals surface area contributed by atoms with E-state index < -0.39 is 5.91 Å². The van der Waals surface area contributed by atoms with E-state index in [1.54, 1.807) is 49.6 Å². The molecule has 3 rings (SSSR count). The number of amides is 1. The maximum absolute atomic E-state index is 12.6. The third kappa shape index (κ3) is 4.51. The number of anilines is 1. The number of aromatic nitrogens is 1. The molecule has 2 aromatic carbocycles. The normalized spacial score (nSPS) is 11.1. The van der Waals surface area contributed by atoms with Crippen LogP contribution in [0.1, 0.15) is 17.0 Å². The molecule has 1 aromatic heterocycles. The molecular weight excluding hydrogens is 421 g/mol. The molecule has 152 valence electrons. The van der Waals surface area contributed by atoms with Crippen molar-refractivity contribution in [1.29, 1.82) is 5.26 Å². The first-order chi connectivity index (χ1) is 14.3. The minimum atomic E-state index is -0.484. The number of nitriles is 1. The lowest BCUT2D eigenvalue weighted by Crippen LogP contribution is -2.13. The summed E-state index contributed by atoms with van der Waals surface area (Å²) in [5.74, 6) is 0.195. The van der Waals surface area contributed by atoms with Gasteiger partial charge in [-0.05, 0) is 74.0 Å². The molecule has 0 saturated carbocycles. The first-order valence-corrected chi connectivity index (χ1v) is 9.81. The van der Waals surface area contributed by atoms with Gasteiger partial charge in [-0.15, -0.1) is 0 Å². The van der Waals surface area contributed by atoms with Gasteiger partial charge in [0.05, 0.1) is 17.2 Å². The Balaban J connectivity index is 1.91.